The summed E-state index contributed by atoms with van der Waals surface area (Å²) in [6, 6.07) is 24.7. The van der Waals surface area contributed by atoms with Crippen LogP contribution in [0.1, 0.15) is 88.9 Å². The van der Waals surface area contributed by atoms with Gasteiger partial charge in [-0.05, 0) is 74.9 Å². The molecule has 0 fully saturated rings. The minimum absolute atomic E-state index is 0.106. The smallest absolute Gasteiger partial charge is 0.277 e. The lowest BCUT2D eigenvalue weighted by molar-refractivity contribution is -0.124. The van der Waals surface area contributed by atoms with Crippen molar-refractivity contribution in [3.8, 4) is 0 Å². The van der Waals surface area contributed by atoms with Crippen molar-refractivity contribution < 1.29 is 44.4 Å². The summed E-state index contributed by atoms with van der Waals surface area (Å²) < 4.78 is 0. The Bertz CT molecular complexity index is 1500. The molecule has 16 heteroatoms. The summed E-state index contributed by atoms with van der Waals surface area (Å²) >= 11 is 0. The number of carbonyl (C=O) groups is 6. The van der Waals surface area contributed by atoms with E-state index in [1.807, 2.05) is 0 Å². The van der Waals surface area contributed by atoms with Crippen molar-refractivity contribution in [3.05, 3.63) is 108 Å². The highest BCUT2D eigenvalue weighted by molar-refractivity contribution is 5.94. The monoisotopic (exact) mass is 775 g/mol. The molecule has 8 N–H and O–H groups in total. The van der Waals surface area contributed by atoms with Crippen LogP contribution in [0.4, 0.5) is 0 Å². The normalized spacial score (nSPS) is 10.9. The Morgan fingerprint density at radius 2 is 0.714 bits per heavy atom. The van der Waals surface area contributed by atoms with Crippen LogP contribution in [0.5, 0.6) is 0 Å². The van der Waals surface area contributed by atoms with E-state index in [0.717, 1.165) is 0 Å². The predicted molar refractivity (Wildman–Crippen MR) is 205 cm³/mol. The number of nitrogens with two attached hydrogens (primary N) is 1. The summed E-state index contributed by atoms with van der Waals surface area (Å²) in [7, 11) is 0. The number of nitrogens with one attached hydrogen (secondary N) is 3. The number of hydrogen-bond donors (Lipinski definition) is 7. The fourth-order valence-corrected chi connectivity index (χ4v) is 5.76. The van der Waals surface area contributed by atoms with Crippen molar-refractivity contribution in [1.29, 1.82) is 0 Å². The van der Waals surface area contributed by atoms with Gasteiger partial charge in [-0.15, -0.1) is 0 Å². The topological polar surface area (TPSA) is 235 Å². The standard InChI is InChI=1S/C40H53N7O9/c41-40(22-10-25-42-34(48)19-28-45(54)37(51)31-13-4-1-5-14-31,23-11-26-43-35(49)20-29-46(55)38(52)32-15-6-2-7-16-32)24-12-27-44-36(50)21-30-47(56)39(53)33-17-8-3-9-18-33/h1-9,13-18,54-56H,10-12,19-30,41H2,(H,42,48)(H,43,49)(H,44,50). The van der Waals surface area contributed by atoms with Gasteiger partial charge in [-0.1, -0.05) is 54.6 Å². The van der Waals surface area contributed by atoms with Gasteiger partial charge < -0.3 is 21.7 Å². The number of amides is 6. The molecular formula is C40H53N7O9. The summed E-state index contributed by atoms with van der Waals surface area (Å²) in [6.45, 7) is 0.331. The third-order valence-corrected chi connectivity index (χ3v) is 8.94. The third kappa shape index (κ3) is 16.4. The highest BCUT2D eigenvalue weighted by atomic mass is 16.5. The number of hydroxylamine groups is 6. The maximum absolute atomic E-state index is 12.4. The number of nitrogens with zero attached hydrogens (tertiary/aromatic N) is 3. The maximum atomic E-state index is 12.4. The van der Waals surface area contributed by atoms with E-state index in [4.69, 9.17) is 5.73 Å². The Hall–Kier alpha value is -5.68. The lowest BCUT2D eigenvalue weighted by atomic mass is 9.84. The van der Waals surface area contributed by atoms with Crippen LogP contribution >= 0.6 is 0 Å². The second kappa shape index (κ2) is 24.0. The first-order valence-electron chi connectivity index (χ1n) is 18.6. The lowest BCUT2D eigenvalue weighted by Crippen LogP contribution is -2.42. The van der Waals surface area contributed by atoms with Crippen LogP contribution in [0.15, 0.2) is 91.0 Å². The lowest BCUT2D eigenvalue weighted by Gasteiger charge is -2.30. The van der Waals surface area contributed by atoms with Gasteiger partial charge in [0.05, 0.1) is 19.6 Å². The first kappa shape index (κ1) is 44.7. The molecule has 0 saturated carbocycles. The van der Waals surface area contributed by atoms with E-state index in [1.54, 1.807) is 91.0 Å². The molecule has 302 valence electrons. The molecule has 0 atom stereocenters. The molecule has 56 heavy (non-hydrogen) atoms. The molecule has 0 aliphatic heterocycles. The summed E-state index contributed by atoms with van der Waals surface area (Å²) in [6.07, 6.45) is 2.70. The van der Waals surface area contributed by atoms with Gasteiger partial charge in [0.1, 0.15) is 0 Å². The fourth-order valence-electron chi connectivity index (χ4n) is 5.76. The summed E-state index contributed by atoms with van der Waals surface area (Å²) in [5, 5.41) is 40.1. The highest BCUT2D eigenvalue weighted by Gasteiger charge is 2.25. The minimum Gasteiger partial charge on any atom is -0.356 e. The zero-order valence-electron chi connectivity index (χ0n) is 31.5. The van der Waals surface area contributed by atoms with Crippen molar-refractivity contribution in [2.75, 3.05) is 39.3 Å². The second-order valence-corrected chi connectivity index (χ2v) is 13.4. The Labute approximate surface area is 326 Å². The van der Waals surface area contributed by atoms with Crippen LogP contribution in [0.25, 0.3) is 0 Å². The molecule has 0 saturated heterocycles. The average Bonchev–Trinajstić information content (AvgIpc) is 3.23. The largest absolute Gasteiger partial charge is 0.356 e. The van der Waals surface area contributed by atoms with Crippen LogP contribution < -0.4 is 21.7 Å². The molecule has 0 aromatic heterocycles. The van der Waals surface area contributed by atoms with E-state index < -0.39 is 23.3 Å². The van der Waals surface area contributed by atoms with Crippen molar-refractivity contribution in [1.82, 2.24) is 31.1 Å². The minimum atomic E-state index is -0.724. The Kier molecular flexibility index (Phi) is 19.1. The molecule has 0 bridgehead atoms. The fraction of sp³-hybridized carbons (Fsp3) is 0.400. The summed E-state index contributed by atoms with van der Waals surface area (Å²) in [5.41, 5.74) is 7.01. The zero-order chi connectivity index (χ0) is 40.8. The second-order valence-electron chi connectivity index (χ2n) is 13.4. The zero-order valence-corrected chi connectivity index (χ0v) is 31.5. The van der Waals surface area contributed by atoms with Crippen LogP contribution in [0, 0.1) is 0 Å². The van der Waals surface area contributed by atoms with Gasteiger partial charge >= 0.3 is 0 Å². The number of carbonyl (C=O) groups excluding carboxylic acids is 6. The van der Waals surface area contributed by atoms with Crippen molar-refractivity contribution in [2.24, 2.45) is 5.73 Å². The van der Waals surface area contributed by atoms with Crippen molar-refractivity contribution in [3.63, 3.8) is 0 Å². The van der Waals surface area contributed by atoms with Gasteiger partial charge in [0, 0.05) is 61.1 Å². The Morgan fingerprint density at radius 3 is 0.964 bits per heavy atom. The van der Waals surface area contributed by atoms with Gasteiger partial charge in [0.25, 0.3) is 17.7 Å². The molecule has 16 nitrogen and oxygen atoms in total. The van der Waals surface area contributed by atoms with Crippen LogP contribution in [-0.2, 0) is 14.4 Å². The van der Waals surface area contributed by atoms with E-state index >= 15 is 0 Å². The van der Waals surface area contributed by atoms with E-state index in [-0.39, 0.29) is 56.6 Å². The molecule has 0 aliphatic rings. The van der Waals surface area contributed by atoms with E-state index in [0.29, 0.717) is 90.0 Å². The summed E-state index contributed by atoms with van der Waals surface area (Å²) in [4.78, 5) is 74.3. The van der Waals surface area contributed by atoms with Gasteiger partial charge in [0.15, 0.2) is 0 Å². The molecule has 3 aromatic carbocycles. The van der Waals surface area contributed by atoms with Gasteiger partial charge in [-0.2, -0.15) is 0 Å². The first-order valence-corrected chi connectivity index (χ1v) is 18.6. The van der Waals surface area contributed by atoms with Crippen LogP contribution in [0.2, 0.25) is 0 Å². The van der Waals surface area contributed by atoms with Gasteiger partial charge in [-0.3, -0.25) is 44.4 Å². The molecular weight excluding hydrogens is 722 g/mol. The average molecular weight is 776 g/mol. The molecule has 3 aromatic rings. The maximum Gasteiger partial charge on any atom is 0.277 e. The molecule has 0 heterocycles. The number of rotatable bonds is 24. The predicted octanol–water partition coefficient (Wildman–Crippen LogP) is 3.14. The van der Waals surface area contributed by atoms with E-state index in [9.17, 15) is 44.4 Å². The molecule has 0 spiro atoms. The molecule has 3 rings (SSSR count). The third-order valence-electron chi connectivity index (χ3n) is 8.94. The van der Waals surface area contributed by atoms with E-state index in [1.165, 1.54) is 0 Å². The van der Waals surface area contributed by atoms with Gasteiger partial charge in [-0.25, -0.2) is 15.2 Å². The van der Waals surface area contributed by atoms with Crippen molar-refractivity contribution >= 4 is 35.4 Å². The first-order chi connectivity index (χ1) is 26.9. The number of benzene rings is 3. The van der Waals surface area contributed by atoms with E-state index in [2.05, 4.69) is 16.0 Å². The SMILES string of the molecule is NC(CCCNC(=O)CCN(O)C(=O)c1ccccc1)(CCCNC(=O)CCN(O)C(=O)c1ccccc1)CCCNC(=O)CCN(O)C(=O)c1ccccc1. The Balaban J connectivity index is 1.42. The van der Waals surface area contributed by atoms with Crippen molar-refractivity contribution in [2.45, 2.75) is 63.3 Å². The van der Waals surface area contributed by atoms with Crippen LogP contribution in [0.3, 0.4) is 0 Å². The quantitative estimate of drug-likeness (QED) is 0.0399. The molecule has 0 aliphatic carbocycles. The Morgan fingerprint density at radius 1 is 0.464 bits per heavy atom. The molecule has 0 unspecified atom stereocenters. The molecule has 6 amide bonds. The van der Waals surface area contributed by atoms with Crippen LogP contribution in [-0.4, -0.2) is 111 Å². The number of hydrogen-bond acceptors (Lipinski definition) is 10. The summed E-state index contributed by atoms with van der Waals surface area (Å²) in [5.74, 6) is -2.88. The highest BCUT2D eigenvalue weighted by Crippen LogP contribution is 2.22. The van der Waals surface area contributed by atoms with Gasteiger partial charge in [0.2, 0.25) is 17.7 Å². The molecule has 0 radical (unpaired) electrons.